The maximum Gasteiger partial charge on any atom is 0.287 e. The molecule has 0 saturated heterocycles. The number of aryl methyl sites for hydroxylation is 1. The topological polar surface area (TPSA) is 69.4 Å². The lowest BCUT2D eigenvalue weighted by atomic mass is 10.1. The van der Waals surface area contributed by atoms with Crippen molar-refractivity contribution in [2.24, 2.45) is 5.90 Å². The van der Waals surface area contributed by atoms with Crippen LogP contribution >= 0.6 is 0 Å². The van der Waals surface area contributed by atoms with E-state index in [-0.39, 0.29) is 5.75 Å². The Bertz CT molecular complexity index is 492. The third-order valence-corrected chi connectivity index (χ3v) is 3.08. The SMILES string of the molecule is C/C=C/c1cc(C)ccc1CS(=O)(=O)ON. The Labute approximate surface area is 95.8 Å². The summed E-state index contributed by atoms with van der Waals surface area (Å²) in [6.07, 6.45) is 3.71. The molecule has 1 rings (SSSR count). The third-order valence-electron chi connectivity index (χ3n) is 2.13. The van der Waals surface area contributed by atoms with Gasteiger partial charge < -0.3 is 0 Å². The molecule has 0 aliphatic carbocycles. The lowest BCUT2D eigenvalue weighted by Gasteiger charge is -2.06. The number of benzene rings is 1. The molecule has 5 heteroatoms. The van der Waals surface area contributed by atoms with Crippen molar-refractivity contribution in [1.82, 2.24) is 0 Å². The summed E-state index contributed by atoms with van der Waals surface area (Å²) >= 11 is 0. The second kappa shape index (κ2) is 5.25. The van der Waals surface area contributed by atoms with E-state index in [1.165, 1.54) is 0 Å². The molecule has 0 unspecified atom stereocenters. The smallest absolute Gasteiger partial charge is 0.198 e. The first-order valence-corrected chi connectivity index (χ1v) is 6.39. The summed E-state index contributed by atoms with van der Waals surface area (Å²) in [5, 5.41) is 0. The van der Waals surface area contributed by atoms with Gasteiger partial charge in [0.15, 0.2) is 0 Å². The van der Waals surface area contributed by atoms with E-state index in [0.29, 0.717) is 5.56 Å². The van der Waals surface area contributed by atoms with Crippen LogP contribution in [-0.2, 0) is 20.2 Å². The van der Waals surface area contributed by atoms with Crippen molar-refractivity contribution in [1.29, 1.82) is 0 Å². The van der Waals surface area contributed by atoms with Crippen LogP contribution in [0.5, 0.6) is 0 Å². The summed E-state index contributed by atoms with van der Waals surface area (Å²) in [4.78, 5) is 0. The van der Waals surface area contributed by atoms with Crippen LogP contribution in [0.25, 0.3) is 6.08 Å². The van der Waals surface area contributed by atoms with E-state index in [9.17, 15) is 8.42 Å². The Balaban J connectivity index is 3.13. The van der Waals surface area contributed by atoms with Crippen molar-refractivity contribution >= 4 is 16.2 Å². The summed E-state index contributed by atoms with van der Waals surface area (Å²) in [7, 11) is -3.68. The molecule has 0 atom stereocenters. The zero-order chi connectivity index (χ0) is 12.2. The van der Waals surface area contributed by atoms with Gasteiger partial charge >= 0.3 is 0 Å². The molecule has 0 aromatic heterocycles. The molecule has 0 bridgehead atoms. The molecule has 1 aromatic carbocycles. The Hall–Kier alpha value is -1.17. The molecule has 0 spiro atoms. The minimum Gasteiger partial charge on any atom is -0.198 e. The summed E-state index contributed by atoms with van der Waals surface area (Å²) in [5.41, 5.74) is 2.61. The molecule has 2 N–H and O–H groups in total. The van der Waals surface area contributed by atoms with Gasteiger partial charge in [-0.2, -0.15) is 18.6 Å². The first-order valence-electron chi connectivity index (χ1n) is 4.82. The Kier molecular flexibility index (Phi) is 4.23. The second-order valence-electron chi connectivity index (χ2n) is 3.50. The molecule has 0 fully saturated rings. The van der Waals surface area contributed by atoms with Crippen LogP contribution in [0.2, 0.25) is 0 Å². The summed E-state index contributed by atoms with van der Waals surface area (Å²) in [6, 6.07) is 5.54. The van der Waals surface area contributed by atoms with E-state index in [1.54, 1.807) is 6.07 Å². The van der Waals surface area contributed by atoms with Crippen LogP contribution in [0.1, 0.15) is 23.6 Å². The molecule has 0 aliphatic rings. The van der Waals surface area contributed by atoms with E-state index in [0.717, 1.165) is 11.1 Å². The summed E-state index contributed by atoms with van der Waals surface area (Å²) in [5.74, 6) is 4.48. The van der Waals surface area contributed by atoms with E-state index in [1.807, 2.05) is 38.1 Å². The number of allylic oxidation sites excluding steroid dienone is 1. The third kappa shape index (κ3) is 3.44. The lowest BCUT2D eigenvalue weighted by molar-refractivity contribution is 0.332. The molecule has 4 nitrogen and oxygen atoms in total. The summed E-state index contributed by atoms with van der Waals surface area (Å²) in [6.45, 7) is 3.82. The Morgan fingerprint density at radius 3 is 2.69 bits per heavy atom. The zero-order valence-corrected chi connectivity index (χ0v) is 10.1. The molecule has 1 aromatic rings. The standard InChI is InChI=1S/C11H15NO3S/c1-3-4-10-7-9(2)5-6-11(10)8-16(13,14)15-12/h3-7H,8,12H2,1-2H3/b4-3+. The zero-order valence-electron chi connectivity index (χ0n) is 9.30. The molecular weight excluding hydrogens is 226 g/mol. The quantitative estimate of drug-likeness (QED) is 0.815. The van der Waals surface area contributed by atoms with Gasteiger partial charge in [-0.15, -0.1) is 0 Å². The minimum atomic E-state index is -3.68. The van der Waals surface area contributed by atoms with Gasteiger partial charge in [-0.3, -0.25) is 0 Å². The van der Waals surface area contributed by atoms with Crippen molar-refractivity contribution in [3.05, 3.63) is 41.0 Å². The Morgan fingerprint density at radius 2 is 2.12 bits per heavy atom. The van der Waals surface area contributed by atoms with Gasteiger partial charge in [0.05, 0.1) is 0 Å². The van der Waals surface area contributed by atoms with Crippen LogP contribution in [0.3, 0.4) is 0 Å². The maximum atomic E-state index is 11.2. The number of rotatable bonds is 4. The molecule has 0 heterocycles. The minimum absolute atomic E-state index is 0.219. The average molecular weight is 241 g/mol. The monoisotopic (exact) mass is 241 g/mol. The van der Waals surface area contributed by atoms with Crippen LogP contribution in [0.15, 0.2) is 24.3 Å². The fraction of sp³-hybridized carbons (Fsp3) is 0.273. The second-order valence-corrected chi connectivity index (χ2v) is 5.10. The van der Waals surface area contributed by atoms with Gasteiger partial charge in [0.1, 0.15) is 5.75 Å². The van der Waals surface area contributed by atoms with Gasteiger partial charge in [0.2, 0.25) is 0 Å². The molecule has 0 aliphatic heterocycles. The fourth-order valence-corrected chi connectivity index (χ4v) is 2.12. The van der Waals surface area contributed by atoms with Crippen molar-refractivity contribution in [3.63, 3.8) is 0 Å². The van der Waals surface area contributed by atoms with Gasteiger partial charge in [0, 0.05) is 0 Å². The molecule has 0 saturated carbocycles. The van der Waals surface area contributed by atoms with Crippen molar-refractivity contribution < 1.29 is 12.7 Å². The van der Waals surface area contributed by atoms with E-state index in [2.05, 4.69) is 4.28 Å². The molecule has 0 amide bonds. The van der Waals surface area contributed by atoms with Gasteiger partial charge in [-0.05, 0) is 25.0 Å². The van der Waals surface area contributed by atoms with Gasteiger partial charge in [-0.1, -0.05) is 35.9 Å². The normalized spacial score (nSPS) is 12.2. The fourth-order valence-electron chi connectivity index (χ4n) is 1.40. The first kappa shape index (κ1) is 12.9. The highest BCUT2D eigenvalue weighted by Crippen LogP contribution is 2.16. The van der Waals surface area contributed by atoms with Crippen LogP contribution in [0, 0.1) is 6.92 Å². The highest BCUT2D eigenvalue weighted by Gasteiger charge is 2.13. The lowest BCUT2D eigenvalue weighted by Crippen LogP contribution is -2.13. The van der Waals surface area contributed by atoms with Gasteiger partial charge in [-0.25, -0.2) is 0 Å². The first-order chi connectivity index (χ1) is 7.48. The van der Waals surface area contributed by atoms with Crippen molar-refractivity contribution in [2.45, 2.75) is 19.6 Å². The average Bonchev–Trinajstić information content (AvgIpc) is 2.22. The molecule has 0 radical (unpaired) electrons. The maximum absolute atomic E-state index is 11.2. The van der Waals surface area contributed by atoms with Crippen LogP contribution < -0.4 is 5.90 Å². The number of hydrogen-bond donors (Lipinski definition) is 1. The van der Waals surface area contributed by atoms with Gasteiger partial charge in [0.25, 0.3) is 10.1 Å². The van der Waals surface area contributed by atoms with E-state index in [4.69, 9.17) is 5.90 Å². The Morgan fingerprint density at radius 1 is 1.44 bits per heavy atom. The van der Waals surface area contributed by atoms with Crippen LogP contribution in [-0.4, -0.2) is 8.42 Å². The number of hydrogen-bond acceptors (Lipinski definition) is 4. The van der Waals surface area contributed by atoms with E-state index < -0.39 is 10.1 Å². The van der Waals surface area contributed by atoms with Crippen molar-refractivity contribution in [3.8, 4) is 0 Å². The highest BCUT2D eigenvalue weighted by molar-refractivity contribution is 7.85. The van der Waals surface area contributed by atoms with Crippen LogP contribution in [0.4, 0.5) is 0 Å². The molecular formula is C11H15NO3S. The van der Waals surface area contributed by atoms with Crippen molar-refractivity contribution in [2.75, 3.05) is 0 Å². The van der Waals surface area contributed by atoms with E-state index >= 15 is 0 Å². The molecule has 16 heavy (non-hydrogen) atoms. The predicted molar refractivity (Wildman–Crippen MR) is 63.8 cm³/mol. The highest BCUT2D eigenvalue weighted by atomic mass is 32.2. The molecule has 88 valence electrons. The number of nitrogens with two attached hydrogens (primary N) is 1. The summed E-state index contributed by atoms with van der Waals surface area (Å²) < 4.78 is 26.4. The predicted octanol–water partition coefficient (Wildman–Crippen LogP) is 1.75. The largest absolute Gasteiger partial charge is 0.287 e.